The van der Waals surface area contributed by atoms with Crippen LogP contribution in [0.4, 0.5) is 0 Å². The van der Waals surface area contributed by atoms with E-state index in [0.717, 1.165) is 5.56 Å². The number of hydrogen-bond acceptors (Lipinski definition) is 1. The van der Waals surface area contributed by atoms with Gasteiger partial charge < -0.3 is 4.74 Å². The van der Waals surface area contributed by atoms with Crippen molar-refractivity contribution >= 4 is 57.5 Å². The van der Waals surface area contributed by atoms with Crippen LogP contribution in [0.5, 0.6) is 0 Å². The van der Waals surface area contributed by atoms with Crippen LogP contribution in [0.2, 0.25) is 0 Å². The van der Waals surface area contributed by atoms with Gasteiger partial charge in [-0.3, -0.25) is 0 Å². The van der Waals surface area contributed by atoms with E-state index in [4.69, 9.17) is 4.74 Å². The fraction of sp³-hybridized carbons (Fsp3) is 0. The number of hydrogen-bond donors (Lipinski definition) is 0. The summed E-state index contributed by atoms with van der Waals surface area (Å²) in [4.78, 5) is 0. The van der Waals surface area contributed by atoms with Crippen LogP contribution >= 0.6 is 0 Å². The fourth-order valence-corrected chi connectivity index (χ4v) is 0.738. The Morgan fingerprint density at radius 3 is 2.42 bits per heavy atom. The van der Waals surface area contributed by atoms with E-state index >= 15 is 0 Å². The second kappa shape index (κ2) is 7.77. The summed E-state index contributed by atoms with van der Waals surface area (Å²) in [5.41, 5.74) is 1.12. The van der Waals surface area contributed by atoms with Crippen LogP contribution in [0.15, 0.2) is 49.4 Å². The van der Waals surface area contributed by atoms with Gasteiger partial charge in [-0.25, -0.2) is 0 Å². The van der Waals surface area contributed by atoms with Gasteiger partial charge in [-0.05, 0) is 11.6 Å². The van der Waals surface area contributed by atoms with E-state index in [1.54, 1.807) is 6.26 Å². The first-order valence-electron chi connectivity index (χ1n) is 3.41. The molecule has 12 heavy (non-hydrogen) atoms. The quantitative estimate of drug-likeness (QED) is 0.519. The van der Waals surface area contributed by atoms with Gasteiger partial charge in [-0.15, -0.1) is 0 Å². The second-order valence-corrected chi connectivity index (χ2v) is 2.02. The first-order chi connectivity index (χ1) is 5.43. The molecule has 0 aliphatic rings. The van der Waals surface area contributed by atoms with Crippen molar-refractivity contribution < 1.29 is 4.74 Å². The standard InChI is InChI=1S/C10H10O.K.H/c1-2-11-9-8-10-6-4-3-5-7-10;;/h2-9H,1H2;;. The van der Waals surface area contributed by atoms with Gasteiger partial charge in [0.15, 0.2) is 0 Å². The van der Waals surface area contributed by atoms with Gasteiger partial charge in [-0.1, -0.05) is 36.9 Å². The molecule has 0 aliphatic heterocycles. The Kier molecular flexibility index (Phi) is 7.86. The molecule has 1 aromatic rings. The molecule has 0 saturated carbocycles. The number of ether oxygens (including phenoxy) is 1. The molecule has 0 aromatic heterocycles. The molecule has 0 heterocycles. The van der Waals surface area contributed by atoms with Gasteiger partial charge in [0.2, 0.25) is 0 Å². The molecule has 0 bridgehead atoms. The normalized spacial score (nSPS) is 9.00. The maximum atomic E-state index is 4.82. The molecule has 2 heteroatoms. The van der Waals surface area contributed by atoms with Gasteiger partial charge in [-0.2, -0.15) is 0 Å². The summed E-state index contributed by atoms with van der Waals surface area (Å²) in [5.74, 6) is 0. The van der Waals surface area contributed by atoms with Crippen molar-refractivity contribution in [2.45, 2.75) is 0 Å². The fourth-order valence-electron chi connectivity index (χ4n) is 0.738. The zero-order chi connectivity index (χ0) is 7.94. The van der Waals surface area contributed by atoms with E-state index in [9.17, 15) is 0 Å². The van der Waals surface area contributed by atoms with Gasteiger partial charge in [0.05, 0.1) is 12.5 Å². The summed E-state index contributed by atoms with van der Waals surface area (Å²) in [6, 6.07) is 9.94. The summed E-state index contributed by atoms with van der Waals surface area (Å²) in [7, 11) is 0. The van der Waals surface area contributed by atoms with Crippen LogP contribution < -0.4 is 0 Å². The van der Waals surface area contributed by atoms with Crippen molar-refractivity contribution in [3.8, 4) is 0 Å². The third-order valence-electron chi connectivity index (χ3n) is 1.23. The second-order valence-electron chi connectivity index (χ2n) is 2.02. The van der Waals surface area contributed by atoms with Crippen molar-refractivity contribution in [2.75, 3.05) is 0 Å². The molecular weight excluding hydrogens is 175 g/mol. The molecule has 1 aromatic carbocycles. The molecule has 0 fully saturated rings. The van der Waals surface area contributed by atoms with Crippen LogP contribution in [0.3, 0.4) is 0 Å². The third kappa shape index (κ3) is 4.90. The molecular formula is C10H11KO. The van der Waals surface area contributed by atoms with E-state index in [0.29, 0.717) is 0 Å². The Hall–Kier alpha value is 0.136. The van der Waals surface area contributed by atoms with E-state index in [1.807, 2.05) is 36.4 Å². The predicted molar refractivity (Wildman–Crippen MR) is 53.9 cm³/mol. The molecule has 0 aliphatic carbocycles. The van der Waals surface area contributed by atoms with Crippen LogP contribution in [0, 0.1) is 0 Å². The first kappa shape index (κ1) is 12.1. The Bertz CT molecular complexity index is 241. The Balaban J connectivity index is 0.00000121. The molecule has 0 N–H and O–H groups in total. The average molecular weight is 186 g/mol. The van der Waals surface area contributed by atoms with Gasteiger partial charge in [0.25, 0.3) is 0 Å². The summed E-state index contributed by atoms with van der Waals surface area (Å²) in [5, 5.41) is 0. The van der Waals surface area contributed by atoms with E-state index in [2.05, 4.69) is 6.58 Å². The molecule has 0 spiro atoms. The molecule has 1 rings (SSSR count). The topological polar surface area (TPSA) is 9.23 Å². The van der Waals surface area contributed by atoms with Crippen molar-refractivity contribution in [2.24, 2.45) is 0 Å². The van der Waals surface area contributed by atoms with Crippen molar-refractivity contribution in [1.29, 1.82) is 0 Å². The third-order valence-corrected chi connectivity index (χ3v) is 1.23. The summed E-state index contributed by atoms with van der Waals surface area (Å²) >= 11 is 0. The van der Waals surface area contributed by atoms with Crippen LogP contribution in [-0.2, 0) is 4.74 Å². The Labute approximate surface area is 116 Å². The SMILES string of the molecule is C=COC=Cc1ccccc1.[KH]. The van der Waals surface area contributed by atoms with E-state index in [1.165, 1.54) is 6.26 Å². The van der Waals surface area contributed by atoms with Crippen LogP contribution in [0.25, 0.3) is 6.08 Å². The van der Waals surface area contributed by atoms with Crippen molar-refractivity contribution in [3.63, 3.8) is 0 Å². The van der Waals surface area contributed by atoms with Crippen molar-refractivity contribution in [1.82, 2.24) is 0 Å². The molecule has 0 radical (unpaired) electrons. The monoisotopic (exact) mass is 186 g/mol. The van der Waals surface area contributed by atoms with E-state index < -0.39 is 0 Å². The minimum atomic E-state index is 0. The Morgan fingerprint density at radius 2 is 1.83 bits per heavy atom. The minimum absolute atomic E-state index is 0. The summed E-state index contributed by atoms with van der Waals surface area (Å²) in [6.45, 7) is 3.42. The maximum absolute atomic E-state index is 4.82. The Morgan fingerprint density at radius 1 is 1.17 bits per heavy atom. The van der Waals surface area contributed by atoms with Gasteiger partial charge in [0, 0.05) is 0 Å². The summed E-state index contributed by atoms with van der Waals surface area (Å²) in [6.07, 6.45) is 4.86. The molecule has 0 unspecified atom stereocenters. The van der Waals surface area contributed by atoms with Crippen LogP contribution in [-0.4, -0.2) is 51.4 Å². The molecule has 0 amide bonds. The van der Waals surface area contributed by atoms with Gasteiger partial charge >= 0.3 is 51.4 Å². The molecule has 58 valence electrons. The van der Waals surface area contributed by atoms with Gasteiger partial charge in [0.1, 0.15) is 0 Å². The van der Waals surface area contributed by atoms with Crippen molar-refractivity contribution in [3.05, 3.63) is 55.0 Å². The summed E-state index contributed by atoms with van der Waals surface area (Å²) < 4.78 is 4.82. The zero-order valence-corrected chi connectivity index (χ0v) is 6.23. The zero-order valence-electron chi connectivity index (χ0n) is 6.23. The molecule has 0 atom stereocenters. The van der Waals surface area contributed by atoms with Crippen LogP contribution in [0.1, 0.15) is 5.56 Å². The number of benzene rings is 1. The van der Waals surface area contributed by atoms with E-state index in [-0.39, 0.29) is 51.4 Å². The predicted octanol–water partition coefficient (Wildman–Crippen LogP) is 2.17. The first-order valence-corrected chi connectivity index (χ1v) is 3.41. The molecule has 0 saturated heterocycles. The number of rotatable bonds is 3. The molecule has 1 nitrogen and oxygen atoms in total. The average Bonchev–Trinajstić information content (AvgIpc) is 2.07.